The second kappa shape index (κ2) is 3.57. The SMILES string of the molecule is C=CC1CC=CC(C)C1C(=O)O. The molecule has 0 heterocycles. The van der Waals surface area contributed by atoms with Crippen LogP contribution < -0.4 is 0 Å². The van der Waals surface area contributed by atoms with Crippen LogP contribution in [0, 0.1) is 17.8 Å². The molecular weight excluding hydrogens is 152 g/mol. The fraction of sp³-hybridized carbons (Fsp3) is 0.500. The van der Waals surface area contributed by atoms with Gasteiger partial charge in [-0.25, -0.2) is 0 Å². The fourth-order valence-electron chi connectivity index (χ4n) is 1.76. The van der Waals surface area contributed by atoms with Crippen LogP contribution in [0.15, 0.2) is 24.8 Å². The summed E-state index contributed by atoms with van der Waals surface area (Å²) in [5.74, 6) is -0.772. The molecule has 0 saturated carbocycles. The Balaban J connectivity index is 2.83. The standard InChI is InChI=1S/C10H14O2/c1-3-8-6-4-5-7(2)9(8)10(11)12/h3-5,7-9H,1,6H2,2H3,(H,11,12). The summed E-state index contributed by atoms with van der Waals surface area (Å²) in [5, 5.41) is 8.93. The van der Waals surface area contributed by atoms with E-state index >= 15 is 0 Å². The van der Waals surface area contributed by atoms with Crippen LogP contribution in [0.3, 0.4) is 0 Å². The molecule has 66 valence electrons. The molecule has 0 aromatic rings. The molecule has 12 heavy (non-hydrogen) atoms. The molecular formula is C10H14O2. The van der Waals surface area contributed by atoms with Gasteiger partial charge < -0.3 is 5.11 Å². The first-order valence-corrected chi connectivity index (χ1v) is 4.19. The normalized spacial score (nSPS) is 34.6. The summed E-state index contributed by atoms with van der Waals surface area (Å²) in [5.41, 5.74) is 0. The van der Waals surface area contributed by atoms with Gasteiger partial charge >= 0.3 is 5.97 Å². The lowest BCUT2D eigenvalue weighted by molar-refractivity contribution is -0.144. The van der Waals surface area contributed by atoms with Gasteiger partial charge in [0.25, 0.3) is 0 Å². The molecule has 0 amide bonds. The van der Waals surface area contributed by atoms with Crippen molar-refractivity contribution in [3.05, 3.63) is 24.8 Å². The lowest BCUT2D eigenvalue weighted by atomic mass is 9.77. The summed E-state index contributed by atoms with van der Waals surface area (Å²) in [7, 11) is 0. The fourth-order valence-corrected chi connectivity index (χ4v) is 1.76. The van der Waals surface area contributed by atoms with Crippen LogP contribution in [0.4, 0.5) is 0 Å². The van der Waals surface area contributed by atoms with E-state index in [0.717, 1.165) is 6.42 Å². The van der Waals surface area contributed by atoms with Gasteiger partial charge in [-0.1, -0.05) is 25.2 Å². The van der Waals surface area contributed by atoms with Gasteiger partial charge in [-0.2, -0.15) is 0 Å². The van der Waals surface area contributed by atoms with E-state index in [1.807, 2.05) is 19.1 Å². The van der Waals surface area contributed by atoms with E-state index in [9.17, 15) is 4.79 Å². The Hall–Kier alpha value is -1.05. The Bertz CT molecular complexity index is 218. The molecule has 0 aliphatic heterocycles. The van der Waals surface area contributed by atoms with Gasteiger partial charge in [0, 0.05) is 0 Å². The van der Waals surface area contributed by atoms with E-state index in [1.54, 1.807) is 6.08 Å². The third-order valence-corrected chi connectivity index (χ3v) is 2.46. The third-order valence-electron chi connectivity index (χ3n) is 2.46. The number of allylic oxidation sites excluding steroid dienone is 3. The van der Waals surface area contributed by atoms with Crippen molar-refractivity contribution in [2.75, 3.05) is 0 Å². The summed E-state index contributed by atoms with van der Waals surface area (Å²) < 4.78 is 0. The Morgan fingerprint density at radius 3 is 2.83 bits per heavy atom. The smallest absolute Gasteiger partial charge is 0.307 e. The summed E-state index contributed by atoms with van der Waals surface area (Å²) in [6.07, 6.45) is 6.57. The Labute approximate surface area is 72.6 Å². The molecule has 0 bridgehead atoms. The van der Waals surface area contributed by atoms with Crippen LogP contribution in [0.25, 0.3) is 0 Å². The van der Waals surface area contributed by atoms with E-state index in [0.29, 0.717) is 0 Å². The predicted molar refractivity (Wildman–Crippen MR) is 47.7 cm³/mol. The summed E-state index contributed by atoms with van der Waals surface area (Å²) in [6, 6.07) is 0. The molecule has 0 aromatic carbocycles. The molecule has 2 nitrogen and oxygen atoms in total. The molecule has 3 atom stereocenters. The first-order valence-electron chi connectivity index (χ1n) is 4.19. The number of carboxylic acid groups (broad SMARTS) is 1. The first-order chi connectivity index (χ1) is 5.66. The van der Waals surface area contributed by atoms with Crippen molar-refractivity contribution >= 4 is 5.97 Å². The zero-order valence-corrected chi connectivity index (χ0v) is 7.23. The molecule has 0 fully saturated rings. The van der Waals surface area contributed by atoms with Crippen molar-refractivity contribution in [3.63, 3.8) is 0 Å². The summed E-state index contributed by atoms with van der Waals surface area (Å²) in [4.78, 5) is 10.9. The average Bonchev–Trinajstić information content (AvgIpc) is 2.03. The third kappa shape index (κ3) is 1.58. The van der Waals surface area contributed by atoms with Gasteiger partial charge in [-0.05, 0) is 18.3 Å². The van der Waals surface area contributed by atoms with E-state index in [4.69, 9.17) is 5.11 Å². The first kappa shape index (κ1) is 9.04. The summed E-state index contributed by atoms with van der Waals surface area (Å²) >= 11 is 0. The van der Waals surface area contributed by atoms with Gasteiger partial charge in [0.1, 0.15) is 0 Å². The van der Waals surface area contributed by atoms with Crippen LogP contribution in [0.5, 0.6) is 0 Å². The highest BCUT2D eigenvalue weighted by atomic mass is 16.4. The lowest BCUT2D eigenvalue weighted by Crippen LogP contribution is -2.29. The van der Waals surface area contributed by atoms with Crippen molar-refractivity contribution in [3.8, 4) is 0 Å². The summed E-state index contributed by atoms with van der Waals surface area (Å²) in [6.45, 7) is 5.59. The Kier molecular flexibility index (Phi) is 2.69. The molecule has 1 aliphatic carbocycles. The Morgan fingerprint density at radius 1 is 1.75 bits per heavy atom. The maximum Gasteiger partial charge on any atom is 0.307 e. The minimum atomic E-state index is -0.711. The minimum absolute atomic E-state index is 0.0995. The number of carboxylic acids is 1. The second-order valence-corrected chi connectivity index (χ2v) is 3.29. The highest BCUT2D eigenvalue weighted by molar-refractivity contribution is 5.71. The molecule has 1 aliphatic rings. The monoisotopic (exact) mass is 166 g/mol. The number of hydrogen-bond donors (Lipinski definition) is 1. The predicted octanol–water partition coefficient (Wildman–Crippen LogP) is 2.09. The van der Waals surface area contributed by atoms with Crippen LogP contribution in [0.1, 0.15) is 13.3 Å². The van der Waals surface area contributed by atoms with Crippen molar-refractivity contribution in [2.45, 2.75) is 13.3 Å². The molecule has 2 heteroatoms. The van der Waals surface area contributed by atoms with Gasteiger partial charge in [-0.15, -0.1) is 6.58 Å². The van der Waals surface area contributed by atoms with Gasteiger partial charge in [-0.3, -0.25) is 4.79 Å². The molecule has 0 aromatic heterocycles. The van der Waals surface area contributed by atoms with Crippen LogP contribution in [0.2, 0.25) is 0 Å². The number of carbonyl (C=O) groups is 1. The van der Waals surface area contributed by atoms with Crippen LogP contribution in [-0.2, 0) is 4.79 Å². The highest BCUT2D eigenvalue weighted by Crippen LogP contribution is 2.30. The zero-order valence-electron chi connectivity index (χ0n) is 7.23. The lowest BCUT2D eigenvalue weighted by Gasteiger charge is -2.27. The van der Waals surface area contributed by atoms with Gasteiger partial charge in [0.05, 0.1) is 5.92 Å². The molecule has 0 radical (unpaired) electrons. The molecule has 0 saturated heterocycles. The maximum atomic E-state index is 10.9. The molecule has 0 spiro atoms. The van der Waals surface area contributed by atoms with Gasteiger partial charge in [0.15, 0.2) is 0 Å². The number of aliphatic carboxylic acids is 1. The molecule has 1 rings (SSSR count). The van der Waals surface area contributed by atoms with Crippen LogP contribution in [-0.4, -0.2) is 11.1 Å². The number of rotatable bonds is 2. The van der Waals surface area contributed by atoms with E-state index in [1.165, 1.54) is 0 Å². The second-order valence-electron chi connectivity index (χ2n) is 3.29. The van der Waals surface area contributed by atoms with E-state index < -0.39 is 5.97 Å². The van der Waals surface area contributed by atoms with E-state index in [-0.39, 0.29) is 17.8 Å². The molecule has 3 unspecified atom stereocenters. The Morgan fingerprint density at radius 2 is 2.42 bits per heavy atom. The zero-order chi connectivity index (χ0) is 9.14. The topological polar surface area (TPSA) is 37.3 Å². The van der Waals surface area contributed by atoms with Crippen molar-refractivity contribution < 1.29 is 9.90 Å². The quantitative estimate of drug-likeness (QED) is 0.638. The van der Waals surface area contributed by atoms with Gasteiger partial charge in [0.2, 0.25) is 0 Å². The van der Waals surface area contributed by atoms with Crippen molar-refractivity contribution in [1.29, 1.82) is 0 Å². The minimum Gasteiger partial charge on any atom is -0.481 e. The van der Waals surface area contributed by atoms with Crippen molar-refractivity contribution in [2.24, 2.45) is 17.8 Å². The average molecular weight is 166 g/mol. The largest absolute Gasteiger partial charge is 0.481 e. The van der Waals surface area contributed by atoms with Crippen molar-refractivity contribution in [1.82, 2.24) is 0 Å². The highest BCUT2D eigenvalue weighted by Gasteiger charge is 2.31. The number of hydrogen-bond acceptors (Lipinski definition) is 1. The van der Waals surface area contributed by atoms with E-state index in [2.05, 4.69) is 6.58 Å². The molecule has 1 N–H and O–H groups in total. The van der Waals surface area contributed by atoms with Crippen LogP contribution >= 0.6 is 0 Å². The maximum absolute atomic E-state index is 10.9.